The second-order valence-corrected chi connectivity index (χ2v) is 5.90. The van der Waals surface area contributed by atoms with Crippen molar-refractivity contribution in [2.75, 3.05) is 5.32 Å². The molecule has 3 aromatic rings. The molecule has 0 saturated carbocycles. The van der Waals surface area contributed by atoms with Crippen LogP contribution in [-0.2, 0) is 6.54 Å². The van der Waals surface area contributed by atoms with Crippen LogP contribution in [-0.4, -0.2) is 35.6 Å². The van der Waals surface area contributed by atoms with E-state index in [-0.39, 0.29) is 11.6 Å². The summed E-state index contributed by atoms with van der Waals surface area (Å²) in [6.45, 7) is 4.04. The fraction of sp³-hybridized carbons (Fsp3) is 0.200. The average Bonchev–Trinajstić information content (AvgIpc) is 3.15. The first kappa shape index (κ1) is 16.7. The van der Waals surface area contributed by atoms with Crippen molar-refractivity contribution in [1.82, 2.24) is 23.7 Å². The number of benzene rings is 1. The molecule has 2 aromatic heterocycles. The first-order valence-corrected chi connectivity index (χ1v) is 8.08. The Balaban J connectivity index is 1.74. The summed E-state index contributed by atoms with van der Waals surface area (Å²) in [5.74, 6) is -0.910. The summed E-state index contributed by atoms with van der Waals surface area (Å²) in [4.78, 5) is 23.5. The highest BCUT2D eigenvalue weighted by atomic mass is 32.1. The number of carbonyl (C=O) groups is 2. The van der Waals surface area contributed by atoms with Crippen molar-refractivity contribution in [1.29, 1.82) is 0 Å². The van der Waals surface area contributed by atoms with E-state index >= 15 is 0 Å². The molecule has 0 unspecified atom stereocenters. The predicted molar refractivity (Wildman–Crippen MR) is 91.4 cm³/mol. The van der Waals surface area contributed by atoms with Crippen molar-refractivity contribution in [2.45, 2.75) is 20.4 Å². The van der Waals surface area contributed by atoms with Crippen molar-refractivity contribution in [3.05, 3.63) is 52.6 Å². The van der Waals surface area contributed by atoms with E-state index in [1.165, 1.54) is 0 Å². The molecule has 2 heterocycles. The largest absolute Gasteiger partial charge is 0.366 e. The maximum atomic E-state index is 12.4. The quantitative estimate of drug-likeness (QED) is 0.704. The second-order valence-electron chi connectivity index (χ2n) is 5.37. The Morgan fingerprint density at radius 2 is 1.92 bits per heavy atom. The summed E-state index contributed by atoms with van der Waals surface area (Å²) in [6.07, 6.45) is 0. The Hall–Kier alpha value is -3.14. The first-order valence-electron chi connectivity index (χ1n) is 7.35. The van der Waals surface area contributed by atoms with Crippen LogP contribution in [0.1, 0.15) is 37.9 Å². The molecule has 0 saturated heterocycles. The lowest BCUT2D eigenvalue weighted by molar-refractivity contribution is 0.0997. The Bertz CT molecular complexity index is 930. The highest BCUT2D eigenvalue weighted by Gasteiger charge is 2.18. The number of primary amides is 1. The highest BCUT2D eigenvalue weighted by Crippen LogP contribution is 2.13. The van der Waals surface area contributed by atoms with E-state index in [1.807, 2.05) is 6.92 Å². The van der Waals surface area contributed by atoms with E-state index in [2.05, 4.69) is 24.4 Å². The maximum absolute atomic E-state index is 12.4. The maximum Gasteiger partial charge on any atom is 0.278 e. The van der Waals surface area contributed by atoms with Crippen LogP contribution < -0.4 is 11.1 Å². The van der Waals surface area contributed by atoms with Crippen LogP contribution in [0.4, 0.5) is 5.69 Å². The van der Waals surface area contributed by atoms with E-state index in [1.54, 1.807) is 35.9 Å². The van der Waals surface area contributed by atoms with Gasteiger partial charge in [-0.25, -0.2) is 4.68 Å². The molecule has 3 N–H and O–H groups in total. The van der Waals surface area contributed by atoms with Crippen LogP contribution in [0.2, 0.25) is 0 Å². The molecule has 0 atom stereocenters. The molecule has 0 radical (unpaired) electrons. The molecular formula is C15H15N7O2S. The molecule has 1 aromatic carbocycles. The van der Waals surface area contributed by atoms with Crippen molar-refractivity contribution >= 4 is 29.2 Å². The van der Waals surface area contributed by atoms with Gasteiger partial charge in [0, 0.05) is 11.3 Å². The van der Waals surface area contributed by atoms with Gasteiger partial charge in [0.2, 0.25) is 5.91 Å². The second kappa shape index (κ2) is 6.77. The average molecular weight is 357 g/mol. The van der Waals surface area contributed by atoms with Gasteiger partial charge in [-0.05, 0) is 38.1 Å². The van der Waals surface area contributed by atoms with E-state index in [0.717, 1.165) is 23.1 Å². The van der Waals surface area contributed by atoms with Gasteiger partial charge in [-0.2, -0.15) is 8.75 Å². The molecule has 0 spiro atoms. The van der Waals surface area contributed by atoms with E-state index in [0.29, 0.717) is 23.5 Å². The number of amides is 2. The number of aryl methyl sites for hydroxylation is 1. The molecule has 0 aliphatic heterocycles. The molecule has 25 heavy (non-hydrogen) atoms. The fourth-order valence-corrected chi connectivity index (χ4v) is 2.72. The van der Waals surface area contributed by atoms with Crippen molar-refractivity contribution < 1.29 is 9.59 Å². The number of aromatic nitrogens is 5. The summed E-state index contributed by atoms with van der Waals surface area (Å²) in [5, 5.41) is 10.7. The molecule has 0 bridgehead atoms. The number of carbonyl (C=O) groups excluding carboxylic acids is 2. The lowest BCUT2D eigenvalue weighted by Gasteiger charge is -2.05. The number of nitrogens with one attached hydrogen (secondary N) is 1. The third-order valence-corrected chi connectivity index (χ3v) is 4.33. The lowest BCUT2D eigenvalue weighted by atomic mass is 10.2. The SMILES string of the molecule is Cc1nsnc1Cn1nnc(C(=O)Nc2ccc(C(N)=O)cc2)c1C. The van der Waals surface area contributed by atoms with E-state index in [9.17, 15) is 9.59 Å². The summed E-state index contributed by atoms with van der Waals surface area (Å²) in [7, 11) is 0. The molecule has 3 rings (SSSR count). The van der Waals surface area contributed by atoms with Gasteiger partial charge in [0.15, 0.2) is 5.69 Å². The molecular weight excluding hydrogens is 342 g/mol. The predicted octanol–water partition coefficient (Wildman–Crippen LogP) is 1.15. The van der Waals surface area contributed by atoms with Crippen LogP contribution in [0.3, 0.4) is 0 Å². The zero-order chi connectivity index (χ0) is 18.0. The standard InChI is InChI=1S/C15H15N7O2S/c1-8-12(20-25-19-8)7-22-9(2)13(18-21-22)15(24)17-11-5-3-10(4-6-11)14(16)23/h3-6H,7H2,1-2H3,(H2,16,23)(H,17,24). The zero-order valence-electron chi connectivity index (χ0n) is 13.6. The Morgan fingerprint density at radius 3 is 2.52 bits per heavy atom. The summed E-state index contributed by atoms with van der Waals surface area (Å²) in [6, 6.07) is 6.28. The normalized spacial score (nSPS) is 10.6. The third-order valence-electron chi connectivity index (χ3n) is 3.67. The molecule has 0 fully saturated rings. The first-order chi connectivity index (χ1) is 12.0. The molecule has 9 nitrogen and oxygen atoms in total. The molecule has 2 amide bonds. The van der Waals surface area contributed by atoms with Gasteiger partial charge in [-0.1, -0.05) is 5.21 Å². The van der Waals surface area contributed by atoms with Gasteiger partial charge in [-0.15, -0.1) is 5.10 Å². The summed E-state index contributed by atoms with van der Waals surface area (Å²) >= 11 is 1.14. The monoisotopic (exact) mass is 357 g/mol. The Labute approximate surface area is 147 Å². The topological polar surface area (TPSA) is 129 Å². The van der Waals surface area contributed by atoms with Crippen molar-refractivity contribution in [3.63, 3.8) is 0 Å². The fourth-order valence-electron chi connectivity index (χ4n) is 2.16. The van der Waals surface area contributed by atoms with Crippen LogP contribution in [0.15, 0.2) is 24.3 Å². The highest BCUT2D eigenvalue weighted by molar-refractivity contribution is 6.99. The van der Waals surface area contributed by atoms with Crippen LogP contribution in [0, 0.1) is 13.8 Å². The van der Waals surface area contributed by atoms with Gasteiger partial charge in [0.1, 0.15) is 0 Å². The van der Waals surface area contributed by atoms with Crippen LogP contribution >= 0.6 is 11.7 Å². The van der Waals surface area contributed by atoms with Crippen molar-refractivity contribution in [3.8, 4) is 0 Å². The number of hydrogen-bond donors (Lipinski definition) is 2. The number of hydrogen-bond acceptors (Lipinski definition) is 7. The Morgan fingerprint density at radius 1 is 1.20 bits per heavy atom. The van der Waals surface area contributed by atoms with Gasteiger partial charge < -0.3 is 11.1 Å². The molecule has 0 aliphatic rings. The minimum Gasteiger partial charge on any atom is -0.366 e. The number of nitrogens with zero attached hydrogens (tertiary/aromatic N) is 5. The van der Waals surface area contributed by atoms with E-state index in [4.69, 9.17) is 5.73 Å². The Kier molecular flexibility index (Phi) is 4.52. The zero-order valence-corrected chi connectivity index (χ0v) is 14.4. The van der Waals surface area contributed by atoms with Gasteiger partial charge in [0.05, 0.1) is 35.4 Å². The molecule has 10 heteroatoms. The minimum absolute atomic E-state index is 0.222. The van der Waals surface area contributed by atoms with Crippen LogP contribution in [0.25, 0.3) is 0 Å². The lowest BCUT2D eigenvalue weighted by Crippen LogP contribution is -2.15. The molecule has 0 aliphatic carbocycles. The number of nitrogens with two attached hydrogens (primary N) is 1. The molecule has 128 valence electrons. The van der Waals surface area contributed by atoms with Gasteiger partial charge in [-0.3, -0.25) is 9.59 Å². The van der Waals surface area contributed by atoms with Crippen molar-refractivity contribution in [2.24, 2.45) is 5.73 Å². The van der Waals surface area contributed by atoms with Gasteiger partial charge in [0.25, 0.3) is 5.91 Å². The smallest absolute Gasteiger partial charge is 0.278 e. The number of rotatable bonds is 5. The summed E-state index contributed by atoms with van der Waals surface area (Å²) in [5.41, 5.74) is 8.57. The summed E-state index contributed by atoms with van der Waals surface area (Å²) < 4.78 is 9.92. The minimum atomic E-state index is -0.525. The number of anilines is 1. The van der Waals surface area contributed by atoms with Crippen LogP contribution in [0.5, 0.6) is 0 Å². The third kappa shape index (κ3) is 3.53. The van der Waals surface area contributed by atoms with E-state index < -0.39 is 5.91 Å². The van der Waals surface area contributed by atoms with Gasteiger partial charge >= 0.3 is 0 Å².